The van der Waals surface area contributed by atoms with Crippen LogP contribution >= 0.6 is 0 Å². The van der Waals surface area contributed by atoms with Crippen LogP contribution in [0.4, 0.5) is 5.82 Å². The van der Waals surface area contributed by atoms with Gasteiger partial charge in [0.05, 0.1) is 0 Å². The second-order valence-corrected chi connectivity index (χ2v) is 5.32. The minimum absolute atomic E-state index is 0.325. The molecule has 0 unspecified atom stereocenters. The highest BCUT2D eigenvalue weighted by molar-refractivity contribution is 5.94. The molecule has 1 aromatic heterocycles. The van der Waals surface area contributed by atoms with E-state index in [-0.39, 0.29) is 5.97 Å². The SMILES string of the molecule is CC(C)(C)OC(=O)c1cccnc1NC1CC1. The second kappa shape index (κ2) is 4.35. The van der Waals surface area contributed by atoms with E-state index < -0.39 is 5.60 Å². The van der Waals surface area contributed by atoms with E-state index in [0.29, 0.717) is 17.4 Å². The average molecular weight is 234 g/mol. The van der Waals surface area contributed by atoms with E-state index >= 15 is 0 Å². The Balaban J connectivity index is 2.15. The molecule has 0 spiro atoms. The summed E-state index contributed by atoms with van der Waals surface area (Å²) in [7, 11) is 0. The van der Waals surface area contributed by atoms with Crippen LogP contribution in [0.15, 0.2) is 18.3 Å². The van der Waals surface area contributed by atoms with E-state index in [2.05, 4.69) is 10.3 Å². The quantitative estimate of drug-likeness (QED) is 0.817. The molecule has 1 fully saturated rings. The second-order valence-electron chi connectivity index (χ2n) is 5.32. The minimum Gasteiger partial charge on any atom is -0.456 e. The molecule has 1 saturated carbocycles. The molecule has 1 aliphatic rings. The summed E-state index contributed by atoms with van der Waals surface area (Å²) in [5.74, 6) is 0.304. The topological polar surface area (TPSA) is 51.2 Å². The van der Waals surface area contributed by atoms with Gasteiger partial charge in [0.1, 0.15) is 17.0 Å². The Morgan fingerprint density at radius 3 is 2.76 bits per heavy atom. The van der Waals surface area contributed by atoms with Crippen molar-refractivity contribution in [1.29, 1.82) is 0 Å². The largest absolute Gasteiger partial charge is 0.456 e. The zero-order valence-electron chi connectivity index (χ0n) is 10.5. The van der Waals surface area contributed by atoms with Gasteiger partial charge in [0.25, 0.3) is 0 Å². The number of esters is 1. The molecule has 0 aliphatic heterocycles. The first-order chi connectivity index (χ1) is 7.96. The molecule has 1 aromatic rings. The van der Waals surface area contributed by atoms with Gasteiger partial charge in [-0.25, -0.2) is 9.78 Å². The van der Waals surface area contributed by atoms with Gasteiger partial charge in [-0.15, -0.1) is 0 Å². The van der Waals surface area contributed by atoms with Crippen LogP contribution in [0.25, 0.3) is 0 Å². The number of anilines is 1. The van der Waals surface area contributed by atoms with E-state index in [9.17, 15) is 4.79 Å². The Hall–Kier alpha value is -1.58. The number of carbonyl (C=O) groups excluding carboxylic acids is 1. The number of hydrogen-bond acceptors (Lipinski definition) is 4. The Labute approximate surface area is 101 Å². The highest BCUT2D eigenvalue weighted by Crippen LogP contribution is 2.26. The first kappa shape index (κ1) is 11.9. The van der Waals surface area contributed by atoms with Crippen LogP contribution in [0, 0.1) is 0 Å². The van der Waals surface area contributed by atoms with Crippen molar-refractivity contribution < 1.29 is 9.53 Å². The Morgan fingerprint density at radius 2 is 2.18 bits per heavy atom. The molecule has 0 amide bonds. The van der Waals surface area contributed by atoms with E-state index in [1.54, 1.807) is 18.3 Å². The zero-order chi connectivity index (χ0) is 12.5. The molecule has 17 heavy (non-hydrogen) atoms. The van der Waals surface area contributed by atoms with Gasteiger partial charge in [-0.05, 0) is 45.7 Å². The molecular formula is C13H18N2O2. The predicted molar refractivity (Wildman–Crippen MR) is 66.1 cm³/mol. The highest BCUT2D eigenvalue weighted by Gasteiger charge is 2.25. The summed E-state index contributed by atoms with van der Waals surface area (Å²) in [5, 5.41) is 3.24. The molecule has 0 aromatic carbocycles. The van der Waals surface area contributed by atoms with Crippen LogP contribution in [-0.2, 0) is 4.74 Å². The van der Waals surface area contributed by atoms with Crippen LogP contribution in [-0.4, -0.2) is 22.6 Å². The fraction of sp³-hybridized carbons (Fsp3) is 0.538. The van der Waals surface area contributed by atoms with Gasteiger partial charge >= 0.3 is 5.97 Å². The lowest BCUT2D eigenvalue weighted by molar-refractivity contribution is 0.00703. The monoisotopic (exact) mass is 234 g/mol. The van der Waals surface area contributed by atoms with Gasteiger partial charge in [-0.1, -0.05) is 0 Å². The third-order valence-corrected chi connectivity index (χ3v) is 2.34. The maximum absolute atomic E-state index is 12.0. The molecule has 4 heteroatoms. The predicted octanol–water partition coefficient (Wildman–Crippen LogP) is 2.61. The zero-order valence-corrected chi connectivity index (χ0v) is 10.5. The standard InChI is InChI=1S/C13H18N2O2/c1-13(2,3)17-12(16)10-5-4-8-14-11(10)15-9-6-7-9/h4-5,8-9H,6-7H2,1-3H3,(H,14,15). The molecule has 1 aliphatic carbocycles. The number of nitrogens with one attached hydrogen (secondary N) is 1. The fourth-order valence-electron chi connectivity index (χ4n) is 1.44. The first-order valence-corrected chi connectivity index (χ1v) is 5.90. The number of ether oxygens (including phenoxy) is 1. The van der Waals surface area contributed by atoms with E-state index in [1.807, 2.05) is 20.8 Å². The number of rotatable bonds is 3. The Kier molecular flexibility index (Phi) is 3.05. The lowest BCUT2D eigenvalue weighted by atomic mass is 10.2. The fourth-order valence-corrected chi connectivity index (χ4v) is 1.44. The minimum atomic E-state index is -0.482. The van der Waals surface area contributed by atoms with Crippen molar-refractivity contribution in [3.63, 3.8) is 0 Å². The summed E-state index contributed by atoms with van der Waals surface area (Å²) in [6.07, 6.45) is 3.97. The molecule has 0 atom stereocenters. The van der Waals surface area contributed by atoms with Crippen molar-refractivity contribution in [2.45, 2.75) is 45.3 Å². The van der Waals surface area contributed by atoms with Crippen molar-refractivity contribution in [2.75, 3.05) is 5.32 Å². The molecule has 4 nitrogen and oxygen atoms in total. The van der Waals surface area contributed by atoms with Gasteiger partial charge in [-0.2, -0.15) is 0 Å². The summed E-state index contributed by atoms with van der Waals surface area (Å²) in [5.41, 5.74) is 0.0263. The molecule has 0 bridgehead atoms. The third-order valence-electron chi connectivity index (χ3n) is 2.34. The van der Waals surface area contributed by atoms with Crippen LogP contribution in [0.3, 0.4) is 0 Å². The van der Waals surface area contributed by atoms with Crippen LogP contribution in [0.2, 0.25) is 0 Å². The van der Waals surface area contributed by atoms with Crippen LogP contribution in [0.5, 0.6) is 0 Å². The van der Waals surface area contributed by atoms with Crippen molar-refractivity contribution in [2.24, 2.45) is 0 Å². The van der Waals surface area contributed by atoms with Crippen molar-refractivity contribution in [3.05, 3.63) is 23.9 Å². The van der Waals surface area contributed by atoms with Crippen LogP contribution in [0.1, 0.15) is 44.0 Å². The van der Waals surface area contributed by atoms with Gasteiger partial charge in [-0.3, -0.25) is 0 Å². The smallest absolute Gasteiger partial charge is 0.342 e. The summed E-state index contributed by atoms with van der Waals surface area (Å²) < 4.78 is 5.35. The molecule has 1 heterocycles. The van der Waals surface area contributed by atoms with Crippen molar-refractivity contribution in [3.8, 4) is 0 Å². The maximum Gasteiger partial charge on any atom is 0.342 e. The lowest BCUT2D eigenvalue weighted by Gasteiger charge is -2.20. The molecule has 0 saturated heterocycles. The molecule has 0 radical (unpaired) electrons. The Bertz CT molecular complexity index is 420. The summed E-state index contributed by atoms with van der Waals surface area (Å²) in [6.45, 7) is 5.57. The normalized spacial score (nSPS) is 15.5. The number of nitrogens with zero attached hydrogens (tertiary/aromatic N) is 1. The maximum atomic E-state index is 12.0. The van der Waals surface area contributed by atoms with Crippen molar-refractivity contribution >= 4 is 11.8 Å². The lowest BCUT2D eigenvalue weighted by Crippen LogP contribution is -2.24. The Morgan fingerprint density at radius 1 is 1.47 bits per heavy atom. The van der Waals surface area contributed by atoms with E-state index in [0.717, 1.165) is 12.8 Å². The average Bonchev–Trinajstić information content (AvgIpc) is 3.00. The van der Waals surface area contributed by atoms with E-state index in [1.165, 1.54) is 0 Å². The molecule has 2 rings (SSSR count). The van der Waals surface area contributed by atoms with Crippen molar-refractivity contribution in [1.82, 2.24) is 4.98 Å². The number of carbonyl (C=O) groups is 1. The van der Waals surface area contributed by atoms with Gasteiger partial charge < -0.3 is 10.1 Å². The van der Waals surface area contributed by atoms with E-state index in [4.69, 9.17) is 4.74 Å². The number of pyridine rings is 1. The third kappa shape index (κ3) is 3.44. The number of hydrogen-bond donors (Lipinski definition) is 1. The van der Waals surface area contributed by atoms with Crippen LogP contribution < -0.4 is 5.32 Å². The first-order valence-electron chi connectivity index (χ1n) is 5.90. The number of aromatic nitrogens is 1. The summed E-state index contributed by atoms with van der Waals surface area (Å²) >= 11 is 0. The molecular weight excluding hydrogens is 216 g/mol. The highest BCUT2D eigenvalue weighted by atomic mass is 16.6. The summed E-state index contributed by atoms with van der Waals surface area (Å²) in [4.78, 5) is 16.2. The van der Waals surface area contributed by atoms with Gasteiger partial charge in [0, 0.05) is 12.2 Å². The molecule has 1 N–H and O–H groups in total. The van der Waals surface area contributed by atoms with Gasteiger partial charge in [0.2, 0.25) is 0 Å². The molecule has 92 valence electrons. The van der Waals surface area contributed by atoms with Gasteiger partial charge in [0.15, 0.2) is 0 Å². The summed E-state index contributed by atoms with van der Waals surface area (Å²) in [6, 6.07) is 3.95.